The van der Waals surface area contributed by atoms with Crippen molar-refractivity contribution in [2.75, 3.05) is 13.1 Å². The fourth-order valence-electron chi connectivity index (χ4n) is 3.56. The van der Waals surface area contributed by atoms with E-state index in [1.807, 2.05) is 17.8 Å². The molecule has 0 unspecified atom stereocenters. The molecule has 0 amide bonds. The van der Waals surface area contributed by atoms with Crippen LogP contribution in [-0.4, -0.2) is 28.0 Å². The fraction of sp³-hybridized carbons (Fsp3) is 0.368. The van der Waals surface area contributed by atoms with Gasteiger partial charge < -0.3 is 4.98 Å². The lowest BCUT2D eigenvalue weighted by molar-refractivity contribution is 0.177. The normalized spacial score (nSPS) is 16.7. The molecule has 0 atom stereocenters. The van der Waals surface area contributed by atoms with Crippen molar-refractivity contribution in [3.63, 3.8) is 0 Å². The van der Waals surface area contributed by atoms with Gasteiger partial charge in [0.15, 0.2) is 0 Å². The molecule has 3 heterocycles. The molecule has 2 aromatic heterocycles. The van der Waals surface area contributed by atoms with Gasteiger partial charge in [0.25, 0.3) is 0 Å². The van der Waals surface area contributed by atoms with Gasteiger partial charge in [-0.2, -0.15) is 0 Å². The van der Waals surface area contributed by atoms with Gasteiger partial charge in [-0.1, -0.05) is 18.2 Å². The van der Waals surface area contributed by atoms with Gasteiger partial charge in [-0.15, -0.1) is 11.3 Å². The van der Waals surface area contributed by atoms with E-state index in [1.54, 1.807) is 17.4 Å². The van der Waals surface area contributed by atoms with Crippen molar-refractivity contribution in [1.82, 2.24) is 14.9 Å². The minimum atomic E-state index is -0.0224. The highest BCUT2D eigenvalue weighted by atomic mass is 32.1. The first-order valence-electron chi connectivity index (χ1n) is 8.49. The average molecular weight is 339 g/mol. The second-order valence-electron chi connectivity index (χ2n) is 6.60. The molecule has 24 heavy (non-hydrogen) atoms. The number of benzene rings is 1. The maximum Gasteiger partial charge on any atom is 0.247 e. The summed E-state index contributed by atoms with van der Waals surface area (Å²) < 4.78 is 1.33. The first-order chi connectivity index (χ1) is 11.8. The molecule has 1 fully saturated rings. The molecule has 1 aliphatic rings. The summed E-state index contributed by atoms with van der Waals surface area (Å²) in [6.45, 7) is 3.30. The molecular formula is C19H21N3OS. The van der Waals surface area contributed by atoms with E-state index in [-0.39, 0.29) is 5.56 Å². The van der Waals surface area contributed by atoms with Gasteiger partial charge in [-0.25, -0.2) is 4.98 Å². The highest BCUT2D eigenvalue weighted by molar-refractivity contribution is 7.16. The van der Waals surface area contributed by atoms with Gasteiger partial charge in [-0.05, 0) is 55.5 Å². The molecular weight excluding hydrogens is 318 g/mol. The first-order valence-corrected chi connectivity index (χ1v) is 9.37. The van der Waals surface area contributed by atoms with Crippen LogP contribution in [0.1, 0.15) is 24.0 Å². The van der Waals surface area contributed by atoms with Crippen molar-refractivity contribution in [2.45, 2.75) is 25.8 Å². The van der Waals surface area contributed by atoms with Crippen LogP contribution < -0.4 is 5.56 Å². The summed E-state index contributed by atoms with van der Waals surface area (Å²) in [7, 11) is 0. The van der Waals surface area contributed by atoms with Crippen molar-refractivity contribution in [3.05, 3.63) is 63.5 Å². The Balaban J connectivity index is 1.35. The minimum absolute atomic E-state index is 0.0224. The number of rotatable bonds is 4. The van der Waals surface area contributed by atoms with E-state index in [4.69, 9.17) is 0 Å². The SMILES string of the molecule is O=c1ccc(CC2CCN(Cc3cccc4ncsc34)CC2)c[nH]1. The Hall–Kier alpha value is -1.98. The zero-order valence-electron chi connectivity index (χ0n) is 13.6. The third-order valence-electron chi connectivity index (χ3n) is 4.91. The number of pyridine rings is 1. The van der Waals surface area contributed by atoms with E-state index in [0.717, 1.165) is 31.6 Å². The molecule has 1 N–H and O–H groups in total. The summed E-state index contributed by atoms with van der Waals surface area (Å²) in [5, 5.41) is 0. The summed E-state index contributed by atoms with van der Waals surface area (Å²) in [6, 6.07) is 10.0. The van der Waals surface area contributed by atoms with Gasteiger partial charge in [0, 0.05) is 18.8 Å². The van der Waals surface area contributed by atoms with Crippen LogP contribution in [0.3, 0.4) is 0 Å². The number of hydrogen-bond acceptors (Lipinski definition) is 4. The maximum atomic E-state index is 11.1. The predicted octanol–water partition coefficient (Wildman–Crippen LogP) is 3.44. The fourth-order valence-corrected chi connectivity index (χ4v) is 4.36. The Kier molecular flexibility index (Phi) is 4.45. The number of aromatic nitrogens is 2. The number of fused-ring (bicyclic) bond motifs is 1. The van der Waals surface area contributed by atoms with Crippen molar-refractivity contribution >= 4 is 21.6 Å². The smallest absolute Gasteiger partial charge is 0.247 e. The van der Waals surface area contributed by atoms with Gasteiger partial charge in [0.05, 0.1) is 15.7 Å². The number of aromatic amines is 1. The molecule has 4 nitrogen and oxygen atoms in total. The van der Waals surface area contributed by atoms with E-state index in [0.29, 0.717) is 5.92 Å². The zero-order chi connectivity index (χ0) is 16.4. The second-order valence-corrected chi connectivity index (χ2v) is 7.46. The van der Waals surface area contributed by atoms with Crippen molar-refractivity contribution in [1.29, 1.82) is 0 Å². The Morgan fingerprint density at radius 2 is 2.08 bits per heavy atom. The molecule has 0 aliphatic carbocycles. The van der Waals surface area contributed by atoms with Crippen molar-refractivity contribution in [3.8, 4) is 0 Å². The monoisotopic (exact) mass is 339 g/mol. The quantitative estimate of drug-likeness (QED) is 0.792. The van der Waals surface area contributed by atoms with Crippen LogP contribution in [0, 0.1) is 5.92 Å². The highest BCUT2D eigenvalue weighted by Crippen LogP contribution is 2.26. The standard InChI is InChI=1S/C19H21N3OS/c23-18-5-4-15(11-20-18)10-14-6-8-22(9-7-14)12-16-2-1-3-17-19(16)24-13-21-17/h1-5,11,13-14H,6-10,12H2,(H,20,23). The number of hydrogen-bond donors (Lipinski definition) is 1. The van der Waals surface area contributed by atoms with E-state index in [1.165, 1.54) is 28.7 Å². The van der Waals surface area contributed by atoms with Crippen molar-refractivity contribution < 1.29 is 0 Å². The predicted molar refractivity (Wildman–Crippen MR) is 98.4 cm³/mol. The van der Waals surface area contributed by atoms with Crippen LogP contribution in [-0.2, 0) is 13.0 Å². The lowest BCUT2D eigenvalue weighted by Crippen LogP contribution is -2.33. The molecule has 0 spiro atoms. The van der Waals surface area contributed by atoms with Gasteiger partial charge in [-0.3, -0.25) is 9.69 Å². The molecule has 4 rings (SSSR count). The third kappa shape index (κ3) is 3.42. The minimum Gasteiger partial charge on any atom is -0.329 e. The zero-order valence-corrected chi connectivity index (χ0v) is 14.4. The average Bonchev–Trinajstić information content (AvgIpc) is 3.08. The molecule has 0 saturated carbocycles. The first kappa shape index (κ1) is 15.5. The Labute approximate surface area is 145 Å². The van der Waals surface area contributed by atoms with E-state index < -0.39 is 0 Å². The van der Waals surface area contributed by atoms with E-state index in [9.17, 15) is 4.79 Å². The molecule has 5 heteroatoms. The number of nitrogens with one attached hydrogen (secondary N) is 1. The summed E-state index contributed by atoms with van der Waals surface area (Å²) >= 11 is 1.74. The van der Waals surface area contributed by atoms with E-state index in [2.05, 4.69) is 33.1 Å². The Morgan fingerprint density at radius 3 is 2.88 bits per heavy atom. The number of nitrogens with zero attached hydrogens (tertiary/aromatic N) is 2. The largest absolute Gasteiger partial charge is 0.329 e. The van der Waals surface area contributed by atoms with Crippen molar-refractivity contribution in [2.24, 2.45) is 5.92 Å². The molecule has 1 aromatic carbocycles. The van der Waals surface area contributed by atoms with Crippen LogP contribution in [0.15, 0.2) is 46.8 Å². The van der Waals surface area contributed by atoms with Crippen LogP contribution in [0.2, 0.25) is 0 Å². The number of likely N-dealkylation sites (tertiary alicyclic amines) is 1. The second kappa shape index (κ2) is 6.87. The topological polar surface area (TPSA) is 49.0 Å². The number of piperidine rings is 1. The van der Waals surface area contributed by atoms with Crippen LogP contribution in [0.5, 0.6) is 0 Å². The molecule has 1 saturated heterocycles. The Morgan fingerprint density at radius 1 is 1.21 bits per heavy atom. The molecule has 0 radical (unpaired) electrons. The lowest BCUT2D eigenvalue weighted by Gasteiger charge is -2.32. The van der Waals surface area contributed by atoms with Crippen LogP contribution in [0.4, 0.5) is 0 Å². The summed E-state index contributed by atoms with van der Waals surface area (Å²) in [5.41, 5.74) is 5.66. The summed E-state index contributed by atoms with van der Waals surface area (Å²) in [6.07, 6.45) is 5.36. The maximum absolute atomic E-state index is 11.1. The molecule has 0 bridgehead atoms. The Bertz CT molecular complexity index is 857. The van der Waals surface area contributed by atoms with Crippen LogP contribution >= 0.6 is 11.3 Å². The molecule has 1 aliphatic heterocycles. The van der Waals surface area contributed by atoms with Crippen LogP contribution in [0.25, 0.3) is 10.2 Å². The van der Waals surface area contributed by atoms with Gasteiger partial charge in [0.2, 0.25) is 5.56 Å². The van der Waals surface area contributed by atoms with E-state index >= 15 is 0 Å². The number of thiazole rings is 1. The highest BCUT2D eigenvalue weighted by Gasteiger charge is 2.20. The van der Waals surface area contributed by atoms with Gasteiger partial charge in [0.1, 0.15) is 0 Å². The van der Waals surface area contributed by atoms with Gasteiger partial charge >= 0.3 is 0 Å². The summed E-state index contributed by atoms with van der Waals surface area (Å²) in [4.78, 5) is 20.9. The molecule has 124 valence electrons. The molecule has 3 aromatic rings. The summed E-state index contributed by atoms with van der Waals surface area (Å²) in [5.74, 6) is 0.714. The number of H-pyrrole nitrogens is 1. The lowest BCUT2D eigenvalue weighted by atomic mass is 9.90. The third-order valence-corrected chi connectivity index (χ3v) is 5.83.